The molecule has 0 saturated carbocycles. The molecule has 4 rings (SSSR count). The van der Waals surface area contributed by atoms with Crippen LogP contribution in [-0.2, 0) is 12.8 Å². The molecule has 0 bridgehead atoms. The van der Waals surface area contributed by atoms with Crippen molar-refractivity contribution in [2.45, 2.75) is 12.8 Å². The fourth-order valence-electron chi connectivity index (χ4n) is 3.33. The summed E-state index contributed by atoms with van der Waals surface area (Å²) >= 11 is 0. The van der Waals surface area contributed by atoms with Crippen LogP contribution in [0.1, 0.15) is 16.7 Å². The molecule has 146 valence electrons. The number of ether oxygens (including phenoxy) is 2. The molecule has 5 nitrogen and oxygen atoms in total. The van der Waals surface area contributed by atoms with E-state index in [2.05, 4.69) is 22.1 Å². The lowest BCUT2D eigenvalue weighted by Gasteiger charge is -2.10. The number of nitrogens with zero attached hydrogens (tertiary/aromatic N) is 1. The van der Waals surface area contributed by atoms with Crippen molar-refractivity contribution in [2.75, 3.05) is 13.7 Å². The third-order valence-electron chi connectivity index (χ3n) is 4.83. The van der Waals surface area contributed by atoms with Gasteiger partial charge in [0.2, 0.25) is 0 Å². The first kappa shape index (κ1) is 18.7. The lowest BCUT2D eigenvalue weighted by molar-refractivity contribution is 0.325. The van der Waals surface area contributed by atoms with Gasteiger partial charge in [-0.05, 0) is 41.8 Å². The Balaban J connectivity index is 1.46. The number of fused-ring (bicyclic) bond motifs is 1. The minimum atomic E-state index is -0.0743. The molecule has 0 aliphatic carbocycles. The van der Waals surface area contributed by atoms with Gasteiger partial charge in [0, 0.05) is 35.8 Å². The third-order valence-corrected chi connectivity index (χ3v) is 4.83. The van der Waals surface area contributed by atoms with Crippen LogP contribution >= 0.6 is 0 Å². The first-order valence-electron chi connectivity index (χ1n) is 9.53. The molecule has 1 N–H and O–H groups in total. The topological polar surface area (TPSA) is 64.2 Å². The Bertz CT molecular complexity index is 1170. The minimum Gasteiger partial charge on any atom is -0.497 e. The Labute approximate surface area is 169 Å². The van der Waals surface area contributed by atoms with Crippen LogP contribution in [0.2, 0.25) is 0 Å². The van der Waals surface area contributed by atoms with E-state index < -0.39 is 0 Å². The number of rotatable bonds is 7. The zero-order chi connectivity index (χ0) is 20.1. The van der Waals surface area contributed by atoms with Crippen LogP contribution in [0.5, 0.6) is 11.5 Å². The summed E-state index contributed by atoms with van der Waals surface area (Å²) in [6.07, 6.45) is 4.80. The molecule has 29 heavy (non-hydrogen) atoms. The maximum Gasteiger partial charge on any atom is 0.251 e. The van der Waals surface area contributed by atoms with Gasteiger partial charge in [0.25, 0.3) is 5.56 Å². The van der Waals surface area contributed by atoms with Crippen LogP contribution in [0, 0.1) is 0 Å². The number of aromatic nitrogens is 2. The lowest BCUT2D eigenvalue weighted by Crippen LogP contribution is -2.16. The molecule has 2 aromatic heterocycles. The Hall–Kier alpha value is -3.60. The van der Waals surface area contributed by atoms with E-state index in [4.69, 9.17) is 9.47 Å². The molecule has 0 aliphatic heterocycles. The number of benzene rings is 2. The van der Waals surface area contributed by atoms with Crippen molar-refractivity contribution >= 4 is 10.9 Å². The molecule has 0 aliphatic rings. The van der Waals surface area contributed by atoms with Gasteiger partial charge in [-0.25, -0.2) is 0 Å². The van der Waals surface area contributed by atoms with E-state index >= 15 is 0 Å². The van der Waals surface area contributed by atoms with Crippen molar-refractivity contribution in [2.24, 2.45) is 0 Å². The van der Waals surface area contributed by atoms with Gasteiger partial charge in [0.1, 0.15) is 11.5 Å². The number of nitrogens with one attached hydrogen (secondary N) is 1. The largest absolute Gasteiger partial charge is 0.497 e. The molecule has 2 aromatic carbocycles. The first-order valence-corrected chi connectivity index (χ1v) is 9.53. The molecule has 4 aromatic rings. The highest BCUT2D eigenvalue weighted by molar-refractivity contribution is 5.85. The van der Waals surface area contributed by atoms with Gasteiger partial charge in [-0.3, -0.25) is 9.78 Å². The number of hydrogen-bond donors (Lipinski definition) is 1. The highest BCUT2D eigenvalue weighted by atomic mass is 16.5. The monoisotopic (exact) mass is 386 g/mol. The Kier molecular flexibility index (Phi) is 5.56. The molecule has 2 heterocycles. The molecule has 0 atom stereocenters. The van der Waals surface area contributed by atoms with Crippen LogP contribution in [0.4, 0.5) is 0 Å². The van der Waals surface area contributed by atoms with E-state index in [0.717, 1.165) is 39.9 Å². The summed E-state index contributed by atoms with van der Waals surface area (Å²) in [6.45, 7) is 0.406. The summed E-state index contributed by atoms with van der Waals surface area (Å²) in [5.41, 5.74) is 3.74. The number of methoxy groups -OCH3 is 1. The van der Waals surface area contributed by atoms with E-state index in [9.17, 15) is 4.79 Å². The fraction of sp³-hybridized carbons (Fsp3) is 0.167. The molecule has 0 amide bonds. The van der Waals surface area contributed by atoms with E-state index in [0.29, 0.717) is 13.0 Å². The molecule has 0 fully saturated rings. The third kappa shape index (κ3) is 4.46. The molecular formula is C24H22N2O3. The van der Waals surface area contributed by atoms with E-state index in [1.165, 1.54) is 5.56 Å². The number of H-pyrrole nitrogens is 1. The second kappa shape index (κ2) is 8.61. The zero-order valence-electron chi connectivity index (χ0n) is 16.2. The SMILES string of the molecule is COc1ccc2c(OCCc3cc(Cc4ccccc4)c[nH]c3=O)ccnc2c1. The van der Waals surface area contributed by atoms with Gasteiger partial charge in [-0.2, -0.15) is 0 Å². The van der Waals surface area contributed by atoms with Crippen LogP contribution in [0.15, 0.2) is 77.9 Å². The fourth-order valence-corrected chi connectivity index (χ4v) is 3.33. The lowest BCUT2D eigenvalue weighted by atomic mass is 10.0. The normalized spacial score (nSPS) is 10.8. The average Bonchev–Trinajstić information content (AvgIpc) is 2.76. The molecule has 0 saturated heterocycles. The van der Waals surface area contributed by atoms with Crippen molar-refractivity contribution in [3.8, 4) is 11.5 Å². The number of aromatic amines is 1. The van der Waals surface area contributed by atoms with Gasteiger partial charge in [-0.15, -0.1) is 0 Å². The highest BCUT2D eigenvalue weighted by Gasteiger charge is 2.07. The smallest absolute Gasteiger partial charge is 0.251 e. The summed E-state index contributed by atoms with van der Waals surface area (Å²) in [6, 6.07) is 19.7. The molecule has 0 spiro atoms. The average molecular weight is 386 g/mol. The van der Waals surface area contributed by atoms with Crippen LogP contribution in [-0.4, -0.2) is 23.7 Å². The van der Waals surface area contributed by atoms with Crippen LogP contribution in [0.25, 0.3) is 10.9 Å². The molecular weight excluding hydrogens is 364 g/mol. The summed E-state index contributed by atoms with van der Waals surface area (Å²) in [7, 11) is 1.63. The van der Waals surface area contributed by atoms with E-state index in [1.54, 1.807) is 19.5 Å². The van der Waals surface area contributed by atoms with Crippen molar-refractivity contribution in [1.82, 2.24) is 9.97 Å². The molecule has 0 unspecified atom stereocenters. The zero-order valence-corrected chi connectivity index (χ0v) is 16.2. The summed E-state index contributed by atoms with van der Waals surface area (Å²) < 4.78 is 11.2. The van der Waals surface area contributed by atoms with Crippen molar-refractivity contribution in [3.05, 3.63) is 100 Å². The van der Waals surface area contributed by atoms with Crippen LogP contribution in [0.3, 0.4) is 0 Å². The van der Waals surface area contributed by atoms with Crippen molar-refractivity contribution < 1.29 is 9.47 Å². The Morgan fingerprint density at radius 1 is 1.00 bits per heavy atom. The predicted octanol–water partition coefficient (Wildman–Crippen LogP) is 4.14. The second-order valence-electron chi connectivity index (χ2n) is 6.82. The van der Waals surface area contributed by atoms with Gasteiger partial charge >= 0.3 is 0 Å². The second-order valence-corrected chi connectivity index (χ2v) is 6.82. The predicted molar refractivity (Wildman–Crippen MR) is 114 cm³/mol. The maximum atomic E-state index is 12.2. The summed E-state index contributed by atoms with van der Waals surface area (Å²) in [5.74, 6) is 1.50. The first-order chi connectivity index (χ1) is 14.2. The van der Waals surface area contributed by atoms with Crippen molar-refractivity contribution in [3.63, 3.8) is 0 Å². The quantitative estimate of drug-likeness (QED) is 0.518. The van der Waals surface area contributed by atoms with Crippen molar-refractivity contribution in [1.29, 1.82) is 0 Å². The molecule has 0 radical (unpaired) electrons. The van der Waals surface area contributed by atoms with Crippen LogP contribution < -0.4 is 15.0 Å². The van der Waals surface area contributed by atoms with Gasteiger partial charge in [0.05, 0.1) is 19.2 Å². The van der Waals surface area contributed by atoms with Gasteiger partial charge in [0.15, 0.2) is 0 Å². The minimum absolute atomic E-state index is 0.0743. The van der Waals surface area contributed by atoms with E-state index in [1.807, 2.05) is 48.5 Å². The summed E-state index contributed by atoms with van der Waals surface area (Å²) in [5, 5.41) is 0.917. The standard InChI is InChI=1S/C24H22N2O3/c1-28-20-7-8-21-22(15-20)25-11-9-23(21)29-12-10-19-14-18(16-26-24(19)27)13-17-5-3-2-4-6-17/h2-9,11,14-16H,10,12-13H2,1H3,(H,26,27). The number of pyridine rings is 2. The summed E-state index contributed by atoms with van der Waals surface area (Å²) in [4.78, 5) is 19.4. The van der Waals surface area contributed by atoms with Gasteiger partial charge in [-0.1, -0.05) is 30.3 Å². The number of hydrogen-bond acceptors (Lipinski definition) is 4. The van der Waals surface area contributed by atoms with Gasteiger partial charge < -0.3 is 14.5 Å². The maximum absolute atomic E-state index is 12.2. The molecule has 5 heteroatoms. The Morgan fingerprint density at radius 2 is 1.86 bits per heavy atom. The highest BCUT2D eigenvalue weighted by Crippen LogP contribution is 2.27. The van der Waals surface area contributed by atoms with E-state index in [-0.39, 0.29) is 5.56 Å². The Morgan fingerprint density at radius 3 is 2.69 bits per heavy atom.